The Morgan fingerprint density at radius 1 is 1.65 bits per heavy atom. The highest BCUT2D eigenvalue weighted by Gasteiger charge is 2.11. The highest BCUT2D eigenvalue weighted by Crippen LogP contribution is 2.16. The summed E-state index contributed by atoms with van der Waals surface area (Å²) in [7, 11) is 0. The molecule has 0 saturated carbocycles. The molecule has 0 spiro atoms. The fourth-order valence-electron chi connectivity index (χ4n) is 1.41. The molecule has 0 unspecified atom stereocenters. The molecule has 0 radical (unpaired) electrons. The fraction of sp³-hybridized carbons (Fsp3) is 0.364. The second kappa shape index (κ2) is 4.50. The van der Waals surface area contributed by atoms with Crippen LogP contribution in [-0.2, 0) is 0 Å². The third kappa shape index (κ3) is 2.42. The van der Waals surface area contributed by atoms with Gasteiger partial charge in [-0.3, -0.25) is 4.79 Å². The summed E-state index contributed by atoms with van der Waals surface area (Å²) in [6.45, 7) is 3.59. The van der Waals surface area contributed by atoms with Gasteiger partial charge in [-0.05, 0) is 19.9 Å². The van der Waals surface area contributed by atoms with Gasteiger partial charge in [-0.1, -0.05) is 5.16 Å². The van der Waals surface area contributed by atoms with Crippen molar-refractivity contribution < 1.29 is 14.4 Å². The highest BCUT2D eigenvalue weighted by atomic mass is 16.5. The Bertz CT molecular complexity index is 548. The van der Waals surface area contributed by atoms with Crippen LogP contribution in [-0.4, -0.2) is 33.8 Å². The third-order valence-corrected chi connectivity index (χ3v) is 2.33. The van der Waals surface area contributed by atoms with E-state index < -0.39 is 6.10 Å². The number of carbonyl (C=O) groups excluding carboxylic acids is 1. The number of aliphatic hydroxyl groups excluding tert-OH is 1. The number of hydrogen-bond donors (Lipinski definition) is 2. The molecule has 0 aliphatic rings. The van der Waals surface area contributed by atoms with E-state index in [4.69, 9.17) is 9.63 Å². The summed E-state index contributed by atoms with van der Waals surface area (Å²) in [6.07, 6.45) is 0.845. The molecule has 2 N–H and O–H groups in total. The zero-order valence-corrected chi connectivity index (χ0v) is 9.60. The molecule has 2 aromatic rings. The van der Waals surface area contributed by atoms with Crippen LogP contribution in [0.3, 0.4) is 0 Å². The largest absolute Gasteiger partial charge is 0.392 e. The van der Waals surface area contributed by atoms with Crippen LogP contribution in [0, 0.1) is 6.92 Å². The molecule has 2 rings (SSSR count). The monoisotopic (exact) mass is 235 g/mol. The second-order valence-corrected chi connectivity index (χ2v) is 3.90. The van der Waals surface area contributed by atoms with Crippen molar-refractivity contribution in [1.82, 2.24) is 15.5 Å². The van der Waals surface area contributed by atoms with E-state index in [1.54, 1.807) is 19.9 Å². The Kier molecular flexibility index (Phi) is 3.06. The van der Waals surface area contributed by atoms with E-state index in [0.717, 1.165) is 5.39 Å². The lowest BCUT2D eigenvalue weighted by Crippen LogP contribution is -2.30. The van der Waals surface area contributed by atoms with Crippen LogP contribution in [0.4, 0.5) is 0 Å². The van der Waals surface area contributed by atoms with Gasteiger partial charge < -0.3 is 14.9 Å². The standard InChI is InChI=1S/C11H13N3O3/c1-6(15)4-12-10(16)8-3-9-7(2)14-17-11(9)13-5-8/h3,5-6,15H,4H2,1-2H3,(H,12,16)/t6-/m1/s1. The fourth-order valence-corrected chi connectivity index (χ4v) is 1.41. The molecule has 6 nitrogen and oxygen atoms in total. The molecule has 2 aromatic heterocycles. The smallest absolute Gasteiger partial charge is 0.257 e. The summed E-state index contributed by atoms with van der Waals surface area (Å²) in [4.78, 5) is 15.7. The zero-order chi connectivity index (χ0) is 12.4. The van der Waals surface area contributed by atoms with E-state index in [-0.39, 0.29) is 12.5 Å². The van der Waals surface area contributed by atoms with Gasteiger partial charge in [0.2, 0.25) is 0 Å². The Morgan fingerprint density at radius 2 is 2.41 bits per heavy atom. The number of pyridine rings is 1. The first kappa shape index (κ1) is 11.5. The zero-order valence-electron chi connectivity index (χ0n) is 9.60. The maximum atomic E-state index is 11.7. The van der Waals surface area contributed by atoms with E-state index in [2.05, 4.69) is 15.5 Å². The molecule has 17 heavy (non-hydrogen) atoms. The molecule has 0 fully saturated rings. The Balaban J connectivity index is 2.23. The SMILES string of the molecule is Cc1noc2ncc(C(=O)NC[C@@H](C)O)cc12. The molecule has 0 aliphatic heterocycles. The van der Waals surface area contributed by atoms with Crippen LogP contribution in [0.2, 0.25) is 0 Å². The van der Waals surface area contributed by atoms with Gasteiger partial charge in [0.15, 0.2) is 0 Å². The van der Waals surface area contributed by atoms with E-state index in [1.807, 2.05) is 0 Å². The predicted molar refractivity (Wildman–Crippen MR) is 60.6 cm³/mol. The lowest BCUT2D eigenvalue weighted by atomic mass is 10.2. The number of fused-ring (bicyclic) bond motifs is 1. The number of hydrogen-bond acceptors (Lipinski definition) is 5. The van der Waals surface area contributed by atoms with Gasteiger partial charge in [0, 0.05) is 12.7 Å². The van der Waals surface area contributed by atoms with E-state index in [9.17, 15) is 4.79 Å². The Hall–Kier alpha value is -1.95. The van der Waals surface area contributed by atoms with Crippen molar-refractivity contribution >= 4 is 17.0 Å². The maximum Gasteiger partial charge on any atom is 0.257 e. The van der Waals surface area contributed by atoms with Crippen LogP contribution >= 0.6 is 0 Å². The average Bonchev–Trinajstić information content (AvgIpc) is 2.67. The number of aliphatic hydroxyl groups is 1. The summed E-state index contributed by atoms with van der Waals surface area (Å²) in [6, 6.07) is 1.67. The van der Waals surface area contributed by atoms with Crippen molar-refractivity contribution in [3.63, 3.8) is 0 Å². The van der Waals surface area contributed by atoms with E-state index >= 15 is 0 Å². The van der Waals surface area contributed by atoms with E-state index in [1.165, 1.54) is 6.20 Å². The number of nitrogens with zero attached hydrogens (tertiary/aromatic N) is 2. The average molecular weight is 235 g/mol. The molecule has 0 aliphatic carbocycles. The summed E-state index contributed by atoms with van der Waals surface area (Å²) < 4.78 is 4.95. The van der Waals surface area contributed by atoms with Crippen LogP contribution in [0.25, 0.3) is 11.1 Å². The molecule has 0 saturated heterocycles. The number of aryl methyl sites for hydroxylation is 1. The third-order valence-electron chi connectivity index (χ3n) is 2.33. The molecular weight excluding hydrogens is 222 g/mol. The van der Waals surface area contributed by atoms with Gasteiger partial charge in [-0.25, -0.2) is 4.98 Å². The maximum absolute atomic E-state index is 11.7. The Labute approximate surface area is 97.6 Å². The molecule has 0 aromatic carbocycles. The minimum Gasteiger partial charge on any atom is -0.392 e. The quantitative estimate of drug-likeness (QED) is 0.815. The van der Waals surface area contributed by atoms with Crippen molar-refractivity contribution in [1.29, 1.82) is 0 Å². The van der Waals surface area contributed by atoms with Crippen molar-refractivity contribution in [3.8, 4) is 0 Å². The van der Waals surface area contributed by atoms with Gasteiger partial charge in [-0.15, -0.1) is 0 Å². The van der Waals surface area contributed by atoms with Gasteiger partial charge in [-0.2, -0.15) is 0 Å². The predicted octanol–water partition coefficient (Wildman–Crippen LogP) is 0.642. The second-order valence-electron chi connectivity index (χ2n) is 3.90. The molecule has 1 atom stereocenters. The highest BCUT2D eigenvalue weighted by molar-refractivity contribution is 5.96. The number of amides is 1. The number of rotatable bonds is 3. The molecule has 0 bridgehead atoms. The topological polar surface area (TPSA) is 88.2 Å². The van der Waals surface area contributed by atoms with Gasteiger partial charge in [0.1, 0.15) is 0 Å². The van der Waals surface area contributed by atoms with Gasteiger partial charge in [0.25, 0.3) is 11.6 Å². The lowest BCUT2D eigenvalue weighted by Gasteiger charge is -2.06. The first-order chi connectivity index (χ1) is 8.08. The Morgan fingerprint density at radius 3 is 3.12 bits per heavy atom. The number of carbonyl (C=O) groups is 1. The molecule has 2 heterocycles. The minimum absolute atomic E-state index is 0.208. The van der Waals surface area contributed by atoms with Gasteiger partial charge in [0.05, 0.1) is 22.7 Å². The lowest BCUT2D eigenvalue weighted by molar-refractivity contribution is 0.0924. The van der Waals surface area contributed by atoms with Gasteiger partial charge >= 0.3 is 0 Å². The van der Waals surface area contributed by atoms with Crippen molar-refractivity contribution in [2.45, 2.75) is 20.0 Å². The van der Waals surface area contributed by atoms with Crippen molar-refractivity contribution in [2.75, 3.05) is 6.54 Å². The molecule has 6 heteroatoms. The number of aromatic nitrogens is 2. The molecular formula is C11H13N3O3. The van der Waals surface area contributed by atoms with Crippen LogP contribution in [0.5, 0.6) is 0 Å². The normalized spacial score (nSPS) is 12.6. The van der Waals surface area contributed by atoms with Crippen LogP contribution in [0.1, 0.15) is 23.0 Å². The van der Waals surface area contributed by atoms with Crippen molar-refractivity contribution in [2.24, 2.45) is 0 Å². The molecule has 90 valence electrons. The summed E-state index contributed by atoms with van der Waals surface area (Å²) in [5, 5.41) is 16.1. The minimum atomic E-state index is -0.576. The van der Waals surface area contributed by atoms with Crippen LogP contribution in [0.15, 0.2) is 16.8 Å². The number of nitrogens with one attached hydrogen (secondary N) is 1. The van der Waals surface area contributed by atoms with Crippen molar-refractivity contribution in [3.05, 3.63) is 23.5 Å². The summed E-state index contributed by atoms with van der Waals surface area (Å²) in [5.74, 6) is -0.277. The first-order valence-electron chi connectivity index (χ1n) is 5.26. The summed E-state index contributed by atoms with van der Waals surface area (Å²) in [5.41, 5.74) is 1.52. The molecule has 1 amide bonds. The first-order valence-corrected chi connectivity index (χ1v) is 5.26. The summed E-state index contributed by atoms with van der Waals surface area (Å²) >= 11 is 0. The van der Waals surface area contributed by atoms with E-state index in [0.29, 0.717) is 17.0 Å². The van der Waals surface area contributed by atoms with Crippen LogP contribution < -0.4 is 5.32 Å².